The van der Waals surface area contributed by atoms with Crippen molar-refractivity contribution in [2.75, 3.05) is 19.6 Å². The van der Waals surface area contributed by atoms with Crippen LogP contribution in [0.4, 0.5) is 0 Å². The molecule has 136 valence electrons. The molecule has 0 bridgehead atoms. The Hall–Kier alpha value is -1.92. The maximum absolute atomic E-state index is 12.3. The lowest BCUT2D eigenvalue weighted by atomic mass is 9.75. The molecule has 0 spiro atoms. The molecule has 1 aliphatic carbocycles. The van der Waals surface area contributed by atoms with Gasteiger partial charge in [0.25, 0.3) is 11.5 Å². The molecule has 1 amide bonds. The van der Waals surface area contributed by atoms with Crippen molar-refractivity contribution in [3.63, 3.8) is 0 Å². The van der Waals surface area contributed by atoms with E-state index in [1.807, 2.05) is 19.9 Å². The number of H-pyrrole nitrogens is 1. The lowest BCUT2D eigenvalue weighted by Crippen LogP contribution is -2.36. The van der Waals surface area contributed by atoms with Crippen LogP contribution in [0.5, 0.6) is 0 Å². The number of pyridine rings is 1. The van der Waals surface area contributed by atoms with E-state index in [1.54, 1.807) is 0 Å². The van der Waals surface area contributed by atoms with Crippen molar-refractivity contribution in [3.05, 3.63) is 44.9 Å². The van der Waals surface area contributed by atoms with Gasteiger partial charge < -0.3 is 15.6 Å². The number of rotatable bonds is 3. The quantitative estimate of drug-likeness (QED) is 0.709. The summed E-state index contributed by atoms with van der Waals surface area (Å²) < 4.78 is 0. The lowest BCUT2D eigenvalue weighted by Gasteiger charge is -2.29. The minimum absolute atomic E-state index is 0. The Kier molecular flexibility index (Phi) is 5.85. The smallest absolute Gasteiger partial charge is 0.261 e. The second-order valence-electron chi connectivity index (χ2n) is 7.34. The van der Waals surface area contributed by atoms with E-state index in [2.05, 4.69) is 15.6 Å². The number of hydrogen-bond donors (Lipinski definition) is 3. The van der Waals surface area contributed by atoms with Crippen LogP contribution in [0.1, 0.15) is 53.1 Å². The minimum Gasteiger partial charge on any atom is -0.348 e. The van der Waals surface area contributed by atoms with Gasteiger partial charge in [0.05, 0.1) is 0 Å². The number of amides is 1. The largest absolute Gasteiger partial charge is 0.348 e. The number of Topliss-reactive ketones (excluding diaryl/α,β-unsaturated/α-hetero) is 1. The lowest BCUT2D eigenvalue weighted by molar-refractivity contribution is 0.0910. The summed E-state index contributed by atoms with van der Waals surface area (Å²) in [4.78, 5) is 39.7. The van der Waals surface area contributed by atoms with Crippen LogP contribution in [0, 0.1) is 5.41 Å². The fourth-order valence-corrected chi connectivity index (χ4v) is 3.32. The summed E-state index contributed by atoms with van der Waals surface area (Å²) in [6.45, 7) is 6.12. The molecule has 1 aromatic heterocycles. The zero-order chi connectivity index (χ0) is 17.3. The van der Waals surface area contributed by atoms with Crippen molar-refractivity contribution in [1.82, 2.24) is 15.6 Å². The summed E-state index contributed by atoms with van der Waals surface area (Å²) in [5.41, 5.74) is 1.67. The molecular formula is C18H24ClN3O3. The Morgan fingerprint density at radius 3 is 2.72 bits per heavy atom. The van der Waals surface area contributed by atoms with Gasteiger partial charge in [0.15, 0.2) is 5.78 Å². The van der Waals surface area contributed by atoms with Gasteiger partial charge in [-0.05, 0) is 30.9 Å². The third-order valence-corrected chi connectivity index (χ3v) is 4.60. The molecule has 0 saturated heterocycles. The minimum atomic E-state index is -0.434. The number of aromatic amines is 1. The van der Waals surface area contributed by atoms with Crippen molar-refractivity contribution in [2.24, 2.45) is 5.41 Å². The Morgan fingerprint density at radius 1 is 1.28 bits per heavy atom. The molecule has 0 radical (unpaired) electrons. The zero-order valence-corrected chi connectivity index (χ0v) is 15.3. The third kappa shape index (κ3) is 4.38. The molecule has 2 aliphatic rings. The van der Waals surface area contributed by atoms with Gasteiger partial charge in [-0.25, -0.2) is 0 Å². The molecular weight excluding hydrogens is 342 g/mol. The highest BCUT2D eigenvalue weighted by atomic mass is 35.5. The zero-order valence-electron chi connectivity index (χ0n) is 14.5. The summed E-state index contributed by atoms with van der Waals surface area (Å²) in [7, 11) is 0. The number of carbonyl (C=O) groups is 2. The Balaban J connectivity index is 0.00000225. The second kappa shape index (κ2) is 7.54. The van der Waals surface area contributed by atoms with E-state index in [0.29, 0.717) is 30.6 Å². The molecule has 25 heavy (non-hydrogen) atoms. The van der Waals surface area contributed by atoms with Crippen LogP contribution in [-0.2, 0) is 6.42 Å². The number of fused-ring (bicyclic) bond motifs is 1. The maximum atomic E-state index is 12.3. The van der Waals surface area contributed by atoms with E-state index in [1.165, 1.54) is 6.07 Å². The SMILES string of the molecule is CC1(C)CC(=O)c2cc(C(=O)NCC3=CCNCC3)c(=O)[nH]c2C1.Cl. The van der Waals surface area contributed by atoms with Gasteiger partial charge in [0.1, 0.15) is 5.56 Å². The van der Waals surface area contributed by atoms with Gasteiger partial charge in [-0.1, -0.05) is 25.5 Å². The van der Waals surface area contributed by atoms with E-state index in [9.17, 15) is 14.4 Å². The molecule has 0 atom stereocenters. The third-order valence-electron chi connectivity index (χ3n) is 4.60. The average Bonchev–Trinajstić information content (AvgIpc) is 2.52. The molecule has 2 heterocycles. The first kappa shape index (κ1) is 19.4. The van der Waals surface area contributed by atoms with Crippen molar-refractivity contribution >= 4 is 24.1 Å². The molecule has 0 unspecified atom stereocenters. The summed E-state index contributed by atoms with van der Waals surface area (Å²) >= 11 is 0. The number of halogens is 1. The number of nitrogens with one attached hydrogen (secondary N) is 3. The van der Waals surface area contributed by atoms with E-state index in [0.717, 1.165) is 25.1 Å². The van der Waals surface area contributed by atoms with Crippen molar-refractivity contribution < 1.29 is 9.59 Å². The summed E-state index contributed by atoms with van der Waals surface area (Å²) in [6, 6.07) is 1.46. The van der Waals surface area contributed by atoms with Crippen LogP contribution in [-0.4, -0.2) is 36.3 Å². The molecule has 3 rings (SSSR count). The van der Waals surface area contributed by atoms with Gasteiger partial charge in [-0.15, -0.1) is 12.4 Å². The van der Waals surface area contributed by atoms with Crippen molar-refractivity contribution in [2.45, 2.75) is 33.1 Å². The molecule has 1 aliphatic heterocycles. The van der Waals surface area contributed by atoms with Crippen LogP contribution < -0.4 is 16.2 Å². The Labute approximate surface area is 152 Å². The fourth-order valence-electron chi connectivity index (χ4n) is 3.32. The van der Waals surface area contributed by atoms with Crippen LogP contribution in [0.3, 0.4) is 0 Å². The van der Waals surface area contributed by atoms with E-state index < -0.39 is 11.5 Å². The Morgan fingerprint density at radius 2 is 2.04 bits per heavy atom. The van der Waals surface area contributed by atoms with E-state index in [4.69, 9.17) is 0 Å². The molecule has 0 saturated carbocycles. The molecule has 7 heteroatoms. The van der Waals surface area contributed by atoms with Crippen LogP contribution >= 0.6 is 12.4 Å². The number of aromatic nitrogens is 1. The number of ketones is 1. The van der Waals surface area contributed by atoms with Gasteiger partial charge in [0.2, 0.25) is 0 Å². The highest BCUT2D eigenvalue weighted by molar-refractivity contribution is 6.02. The first-order valence-electron chi connectivity index (χ1n) is 8.32. The molecule has 3 N–H and O–H groups in total. The van der Waals surface area contributed by atoms with E-state index in [-0.39, 0.29) is 29.2 Å². The van der Waals surface area contributed by atoms with Gasteiger partial charge in [-0.3, -0.25) is 14.4 Å². The highest BCUT2D eigenvalue weighted by Gasteiger charge is 2.32. The summed E-state index contributed by atoms with van der Waals surface area (Å²) in [5.74, 6) is -0.455. The topological polar surface area (TPSA) is 91.1 Å². The number of hydrogen-bond acceptors (Lipinski definition) is 4. The summed E-state index contributed by atoms with van der Waals surface area (Å²) in [6.07, 6.45) is 3.99. The molecule has 6 nitrogen and oxygen atoms in total. The van der Waals surface area contributed by atoms with Gasteiger partial charge >= 0.3 is 0 Å². The summed E-state index contributed by atoms with van der Waals surface area (Å²) in [5, 5.41) is 5.99. The second-order valence-corrected chi connectivity index (χ2v) is 7.34. The normalized spacial score (nSPS) is 18.6. The van der Waals surface area contributed by atoms with Crippen LogP contribution in [0.25, 0.3) is 0 Å². The predicted molar refractivity (Wildman–Crippen MR) is 98.6 cm³/mol. The van der Waals surface area contributed by atoms with Crippen molar-refractivity contribution in [1.29, 1.82) is 0 Å². The van der Waals surface area contributed by atoms with Crippen LogP contribution in [0.2, 0.25) is 0 Å². The monoisotopic (exact) mass is 365 g/mol. The molecule has 0 fully saturated rings. The first-order valence-corrected chi connectivity index (χ1v) is 8.32. The predicted octanol–water partition coefficient (Wildman–Crippen LogP) is 1.60. The van der Waals surface area contributed by atoms with E-state index >= 15 is 0 Å². The van der Waals surface area contributed by atoms with Crippen LogP contribution in [0.15, 0.2) is 22.5 Å². The van der Waals surface area contributed by atoms with Crippen molar-refractivity contribution in [3.8, 4) is 0 Å². The standard InChI is InChI=1S/C18H23N3O3.ClH/c1-18(2)8-14-12(15(22)9-18)7-13(17(24)21-14)16(23)20-10-11-3-5-19-6-4-11;/h3,7,19H,4-6,8-10H2,1-2H3,(H,20,23)(H,21,24);1H. The Bertz CT molecular complexity index is 780. The molecule has 0 aromatic carbocycles. The first-order chi connectivity index (χ1) is 11.4. The average molecular weight is 366 g/mol. The number of carbonyl (C=O) groups excluding carboxylic acids is 2. The van der Waals surface area contributed by atoms with Gasteiger partial charge in [-0.2, -0.15) is 0 Å². The highest BCUT2D eigenvalue weighted by Crippen LogP contribution is 2.33. The van der Waals surface area contributed by atoms with Gasteiger partial charge in [0, 0.05) is 30.8 Å². The fraction of sp³-hybridized carbons (Fsp3) is 0.500. The molecule has 1 aromatic rings. The maximum Gasteiger partial charge on any atom is 0.261 e.